The minimum absolute atomic E-state index is 0.257. The third-order valence-corrected chi connectivity index (χ3v) is 7.47. The van der Waals surface area contributed by atoms with Gasteiger partial charge in [0.2, 0.25) is 0 Å². The summed E-state index contributed by atoms with van der Waals surface area (Å²) in [5.41, 5.74) is 0.584. The Morgan fingerprint density at radius 2 is 1.81 bits per heavy atom. The molecule has 26 heavy (non-hydrogen) atoms. The average Bonchev–Trinajstić information content (AvgIpc) is 3.02. The van der Waals surface area contributed by atoms with Crippen LogP contribution in [0.25, 0.3) is 0 Å². The first kappa shape index (κ1) is 20.4. The lowest BCUT2D eigenvalue weighted by molar-refractivity contribution is -0.199. The Bertz CT molecular complexity index is 447. The van der Waals surface area contributed by atoms with Gasteiger partial charge in [-0.2, -0.15) is 0 Å². The van der Waals surface area contributed by atoms with Gasteiger partial charge in [-0.1, -0.05) is 32.3 Å². The predicted octanol–water partition coefficient (Wildman–Crippen LogP) is 5.55. The van der Waals surface area contributed by atoms with Crippen molar-refractivity contribution >= 4 is 0 Å². The second-order valence-corrected chi connectivity index (χ2v) is 9.62. The highest BCUT2D eigenvalue weighted by Gasteiger charge is 2.47. The molecule has 1 saturated heterocycles. The Hall–Kier alpha value is -0.380. The van der Waals surface area contributed by atoms with Crippen molar-refractivity contribution in [3.63, 3.8) is 0 Å². The molecule has 0 radical (unpaired) electrons. The van der Waals surface area contributed by atoms with E-state index in [-0.39, 0.29) is 11.9 Å². The predicted molar refractivity (Wildman–Crippen MR) is 108 cm³/mol. The molecule has 0 bridgehead atoms. The molecule has 3 nitrogen and oxygen atoms in total. The van der Waals surface area contributed by atoms with Crippen molar-refractivity contribution in [2.75, 3.05) is 19.7 Å². The summed E-state index contributed by atoms with van der Waals surface area (Å²) in [6.45, 7) is 13.7. The van der Waals surface area contributed by atoms with E-state index in [4.69, 9.17) is 9.47 Å². The van der Waals surface area contributed by atoms with Crippen LogP contribution in [0, 0.1) is 11.3 Å². The summed E-state index contributed by atoms with van der Waals surface area (Å²) >= 11 is 0. The number of hydrogen-bond acceptors (Lipinski definition) is 3. The molecule has 3 fully saturated rings. The standard InChI is InChI=1S/C23H41NO2/c1-5-16-24(19(2)3)17-11-21-18-25-23(26-21)14-9-20(10-15-23)22(4)12-7-6-8-13-22/h5,19-21H,1,6-18H2,2-4H3. The number of nitrogens with zero attached hydrogens (tertiary/aromatic N) is 1. The molecule has 3 rings (SSSR count). The molecule has 1 heterocycles. The van der Waals surface area contributed by atoms with Crippen molar-refractivity contribution in [3.05, 3.63) is 12.7 Å². The maximum atomic E-state index is 6.49. The third-order valence-electron chi connectivity index (χ3n) is 7.47. The first-order valence-electron chi connectivity index (χ1n) is 11.1. The van der Waals surface area contributed by atoms with Gasteiger partial charge < -0.3 is 9.47 Å². The van der Waals surface area contributed by atoms with E-state index in [2.05, 4.69) is 32.3 Å². The molecule has 2 saturated carbocycles. The number of ether oxygens (including phenoxy) is 2. The molecule has 0 aromatic rings. The molecule has 3 aliphatic rings. The molecule has 1 aliphatic heterocycles. The summed E-state index contributed by atoms with van der Waals surface area (Å²) in [7, 11) is 0. The van der Waals surface area contributed by atoms with Gasteiger partial charge in [-0.3, -0.25) is 4.90 Å². The topological polar surface area (TPSA) is 21.7 Å². The maximum Gasteiger partial charge on any atom is 0.168 e. The van der Waals surface area contributed by atoms with Crippen LogP contribution in [-0.4, -0.2) is 42.5 Å². The molecular formula is C23H41NO2. The van der Waals surface area contributed by atoms with Crippen molar-refractivity contribution in [3.8, 4) is 0 Å². The Morgan fingerprint density at radius 3 is 2.42 bits per heavy atom. The van der Waals surface area contributed by atoms with E-state index in [1.54, 1.807) is 0 Å². The lowest BCUT2D eigenvalue weighted by atomic mass is 9.62. The van der Waals surface area contributed by atoms with Crippen LogP contribution in [0.5, 0.6) is 0 Å². The van der Waals surface area contributed by atoms with Crippen LogP contribution in [0.4, 0.5) is 0 Å². The molecular weight excluding hydrogens is 322 g/mol. The normalized spacial score (nSPS) is 34.7. The van der Waals surface area contributed by atoms with Gasteiger partial charge in [0, 0.05) is 32.0 Å². The van der Waals surface area contributed by atoms with Gasteiger partial charge in [0.1, 0.15) is 0 Å². The van der Waals surface area contributed by atoms with Gasteiger partial charge in [0.25, 0.3) is 0 Å². The Balaban J connectivity index is 1.46. The molecule has 1 atom stereocenters. The quantitative estimate of drug-likeness (QED) is 0.554. The molecule has 3 heteroatoms. The summed E-state index contributed by atoms with van der Waals surface area (Å²) in [5, 5.41) is 0. The van der Waals surface area contributed by atoms with Gasteiger partial charge in [-0.05, 0) is 57.3 Å². The summed E-state index contributed by atoms with van der Waals surface area (Å²) in [6, 6.07) is 0.552. The van der Waals surface area contributed by atoms with E-state index >= 15 is 0 Å². The minimum atomic E-state index is -0.257. The fourth-order valence-corrected chi connectivity index (χ4v) is 5.58. The zero-order valence-electron chi connectivity index (χ0n) is 17.5. The van der Waals surface area contributed by atoms with E-state index in [0.29, 0.717) is 11.5 Å². The molecule has 0 aromatic heterocycles. The van der Waals surface area contributed by atoms with Gasteiger partial charge in [0.05, 0.1) is 12.7 Å². The van der Waals surface area contributed by atoms with Crippen molar-refractivity contribution in [2.24, 2.45) is 11.3 Å². The van der Waals surface area contributed by atoms with Gasteiger partial charge in [-0.15, -0.1) is 6.58 Å². The van der Waals surface area contributed by atoms with Crippen LogP contribution in [0.2, 0.25) is 0 Å². The van der Waals surface area contributed by atoms with Gasteiger partial charge >= 0.3 is 0 Å². The lowest BCUT2D eigenvalue weighted by Gasteiger charge is -2.46. The first-order valence-corrected chi connectivity index (χ1v) is 11.1. The van der Waals surface area contributed by atoms with Crippen molar-refractivity contribution in [1.29, 1.82) is 0 Å². The molecule has 1 unspecified atom stereocenters. The van der Waals surface area contributed by atoms with Crippen molar-refractivity contribution in [2.45, 2.75) is 103 Å². The van der Waals surface area contributed by atoms with Gasteiger partial charge in [-0.25, -0.2) is 0 Å². The Labute approximate surface area is 161 Å². The van der Waals surface area contributed by atoms with Crippen LogP contribution in [0.3, 0.4) is 0 Å². The lowest BCUT2D eigenvalue weighted by Crippen LogP contribution is -2.41. The van der Waals surface area contributed by atoms with Crippen molar-refractivity contribution in [1.82, 2.24) is 4.90 Å². The molecule has 0 amide bonds. The zero-order valence-corrected chi connectivity index (χ0v) is 17.5. The summed E-state index contributed by atoms with van der Waals surface area (Å²) in [6.07, 6.45) is 15.3. The fraction of sp³-hybridized carbons (Fsp3) is 0.913. The summed E-state index contributed by atoms with van der Waals surface area (Å²) in [5.74, 6) is 0.622. The van der Waals surface area contributed by atoms with E-state index in [9.17, 15) is 0 Å². The highest BCUT2D eigenvalue weighted by atomic mass is 16.7. The molecule has 0 N–H and O–H groups in total. The highest BCUT2D eigenvalue weighted by Crippen LogP contribution is 2.51. The smallest absolute Gasteiger partial charge is 0.168 e. The Kier molecular flexibility index (Phi) is 6.85. The molecule has 0 aromatic carbocycles. The molecule has 1 spiro atoms. The SMILES string of the molecule is C=CCN(CCC1COC2(CCC(C3(C)CCCCC3)CC2)O1)C(C)C. The van der Waals surface area contributed by atoms with Crippen LogP contribution in [0.15, 0.2) is 12.7 Å². The van der Waals surface area contributed by atoms with Crippen LogP contribution in [0.1, 0.15) is 85.0 Å². The second kappa shape index (κ2) is 8.75. The third kappa shape index (κ3) is 4.72. The number of rotatable bonds is 7. The fourth-order valence-electron chi connectivity index (χ4n) is 5.58. The van der Waals surface area contributed by atoms with Gasteiger partial charge in [0.15, 0.2) is 5.79 Å². The summed E-state index contributed by atoms with van der Waals surface area (Å²) < 4.78 is 12.7. The minimum Gasteiger partial charge on any atom is -0.347 e. The number of hydrogen-bond donors (Lipinski definition) is 0. The molecule has 150 valence electrons. The monoisotopic (exact) mass is 363 g/mol. The largest absolute Gasteiger partial charge is 0.347 e. The zero-order chi connectivity index (χ0) is 18.6. The van der Waals surface area contributed by atoms with Crippen LogP contribution >= 0.6 is 0 Å². The van der Waals surface area contributed by atoms with Crippen molar-refractivity contribution < 1.29 is 9.47 Å². The van der Waals surface area contributed by atoms with E-state index in [1.807, 2.05) is 6.08 Å². The van der Waals surface area contributed by atoms with Crippen LogP contribution < -0.4 is 0 Å². The average molecular weight is 364 g/mol. The highest BCUT2D eigenvalue weighted by molar-refractivity contribution is 4.93. The molecule has 2 aliphatic carbocycles. The first-order chi connectivity index (χ1) is 12.5. The summed E-state index contributed by atoms with van der Waals surface area (Å²) in [4.78, 5) is 2.46. The van der Waals surface area contributed by atoms with E-state index < -0.39 is 0 Å². The van der Waals surface area contributed by atoms with E-state index in [0.717, 1.165) is 44.9 Å². The Morgan fingerprint density at radius 1 is 1.12 bits per heavy atom. The maximum absolute atomic E-state index is 6.49. The van der Waals surface area contributed by atoms with E-state index in [1.165, 1.54) is 44.9 Å². The second-order valence-electron chi connectivity index (χ2n) is 9.62. The van der Waals surface area contributed by atoms with Crippen LogP contribution in [-0.2, 0) is 9.47 Å².